The second-order valence-electron chi connectivity index (χ2n) is 7.36. The summed E-state index contributed by atoms with van der Waals surface area (Å²) in [5.74, 6) is 1.16. The van der Waals surface area contributed by atoms with Crippen molar-refractivity contribution in [2.24, 2.45) is 0 Å². The highest BCUT2D eigenvalue weighted by Crippen LogP contribution is 2.22. The van der Waals surface area contributed by atoms with Crippen LogP contribution >= 0.6 is 0 Å². The SMILES string of the molecule is Cc1nc(Nc2ccc(C)c(C)c2)cc(C(=O)N2CCc3ccccc3C2)n1. The summed E-state index contributed by atoms with van der Waals surface area (Å²) in [6.07, 6.45) is 0.875. The number of benzene rings is 2. The number of amides is 1. The van der Waals surface area contributed by atoms with E-state index in [9.17, 15) is 4.79 Å². The number of hydrogen-bond donors (Lipinski definition) is 1. The van der Waals surface area contributed by atoms with Crippen LogP contribution in [0.3, 0.4) is 0 Å². The van der Waals surface area contributed by atoms with Crippen molar-refractivity contribution in [2.75, 3.05) is 11.9 Å². The predicted molar refractivity (Wildman–Crippen MR) is 111 cm³/mol. The molecular weight excluding hydrogens is 348 g/mol. The average Bonchev–Trinajstić information content (AvgIpc) is 2.69. The minimum Gasteiger partial charge on any atom is -0.340 e. The van der Waals surface area contributed by atoms with Gasteiger partial charge in [-0.15, -0.1) is 0 Å². The van der Waals surface area contributed by atoms with Crippen LogP contribution in [0.1, 0.15) is 38.6 Å². The van der Waals surface area contributed by atoms with E-state index in [-0.39, 0.29) is 5.91 Å². The molecule has 5 nitrogen and oxygen atoms in total. The fourth-order valence-electron chi connectivity index (χ4n) is 3.54. The van der Waals surface area contributed by atoms with Gasteiger partial charge in [0.25, 0.3) is 5.91 Å². The lowest BCUT2D eigenvalue weighted by atomic mass is 10.00. The smallest absolute Gasteiger partial charge is 0.272 e. The molecule has 1 aromatic heterocycles. The van der Waals surface area contributed by atoms with Crippen LogP contribution in [0, 0.1) is 20.8 Å². The first-order valence-electron chi connectivity index (χ1n) is 9.55. The summed E-state index contributed by atoms with van der Waals surface area (Å²) in [5, 5.41) is 3.30. The molecule has 0 bridgehead atoms. The van der Waals surface area contributed by atoms with Gasteiger partial charge < -0.3 is 10.2 Å². The van der Waals surface area contributed by atoms with Crippen LogP contribution in [0.2, 0.25) is 0 Å². The van der Waals surface area contributed by atoms with Crippen molar-refractivity contribution in [3.8, 4) is 0 Å². The Balaban J connectivity index is 1.56. The Kier molecular flexibility index (Phi) is 4.82. The van der Waals surface area contributed by atoms with Crippen LogP contribution in [0.25, 0.3) is 0 Å². The fraction of sp³-hybridized carbons (Fsp3) is 0.261. The zero-order valence-corrected chi connectivity index (χ0v) is 16.5. The monoisotopic (exact) mass is 372 g/mol. The molecule has 0 radical (unpaired) electrons. The number of fused-ring (bicyclic) bond motifs is 1. The van der Waals surface area contributed by atoms with Crippen molar-refractivity contribution < 1.29 is 4.79 Å². The summed E-state index contributed by atoms with van der Waals surface area (Å²) in [6, 6.07) is 16.2. The molecule has 1 N–H and O–H groups in total. The lowest BCUT2D eigenvalue weighted by molar-refractivity contribution is 0.0728. The molecule has 2 heterocycles. The second kappa shape index (κ2) is 7.43. The van der Waals surface area contributed by atoms with Gasteiger partial charge in [-0.25, -0.2) is 9.97 Å². The van der Waals surface area contributed by atoms with Gasteiger partial charge >= 0.3 is 0 Å². The molecule has 1 aliphatic heterocycles. The maximum atomic E-state index is 13.1. The highest BCUT2D eigenvalue weighted by Gasteiger charge is 2.23. The largest absolute Gasteiger partial charge is 0.340 e. The first kappa shape index (κ1) is 18.2. The second-order valence-corrected chi connectivity index (χ2v) is 7.36. The van der Waals surface area contributed by atoms with Crippen LogP contribution in [-0.2, 0) is 13.0 Å². The maximum Gasteiger partial charge on any atom is 0.272 e. The molecule has 0 saturated carbocycles. The van der Waals surface area contributed by atoms with E-state index >= 15 is 0 Å². The van der Waals surface area contributed by atoms with Crippen LogP contribution in [0.5, 0.6) is 0 Å². The van der Waals surface area contributed by atoms with E-state index in [0.29, 0.717) is 30.4 Å². The first-order chi connectivity index (χ1) is 13.5. The van der Waals surface area contributed by atoms with Crippen molar-refractivity contribution in [3.63, 3.8) is 0 Å². The third-order valence-corrected chi connectivity index (χ3v) is 5.25. The number of nitrogens with zero attached hydrogens (tertiary/aromatic N) is 3. The highest BCUT2D eigenvalue weighted by atomic mass is 16.2. The number of carbonyl (C=O) groups excluding carboxylic acids is 1. The van der Waals surface area contributed by atoms with E-state index in [0.717, 1.165) is 12.1 Å². The van der Waals surface area contributed by atoms with Gasteiger partial charge in [0.2, 0.25) is 0 Å². The van der Waals surface area contributed by atoms with Crippen LogP contribution in [0.4, 0.5) is 11.5 Å². The maximum absolute atomic E-state index is 13.1. The van der Waals surface area contributed by atoms with Crippen molar-refractivity contribution in [3.05, 3.63) is 82.3 Å². The van der Waals surface area contributed by atoms with Crippen molar-refractivity contribution in [1.82, 2.24) is 14.9 Å². The van der Waals surface area contributed by atoms with Crippen LogP contribution < -0.4 is 5.32 Å². The van der Waals surface area contributed by atoms with E-state index in [4.69, 9.17) is 0 Å². The number of aryl methyl sites for hydroxylation is 3. The Morgan fingerprint density at radius 3 is 2.54 bits per heavy atom. The zero-order valence-electron chi connectivity index (χ0n) is 16.5. The molecule has 0 saturated heterocycles. The molecule has 5 heteroatoms. The van der Waals surface area contributed by atoms with Crippen molar-refractivity contribution in [1.29, 1.82) is 0 Å². The molecule has 4 rings (SSSR count). The molecule has 3 aromatic rings. The number of carbonyl (C=O) groups is 1. The third kappa shape index (κ3) is 3.74. The van der Waals surface area contributed by atoms with Gasteiger partial charge in [0.05, 0.1) is 0 Å². The summed E-state index contributed by atoms with van der Waals surface area (Å²) in [5.41, 5.74) is 6.36. The quantitative estimate of drug-likeness (QED) is 0.743. The Morgan fingerprint density at radius 2 is 1.75 bits per heavy atom. The summed E-state index contributed by atoms with van der Waals surface area (Å²) in [7, 11) is 0. The summed E-state index contributed by atoms with van der Waals surface area (Å²) >= 11 is 0. The number of rotatable bonds is 3. The van der Waals surface area contributed by atoms with E-state index < -0.39 is 0 Å². The molecule has 28 heavy (non-hydrogen) atoms. The average molecular weight is 372 g/mol. The molecule has 0 atom stereocenters. The number of anilines is 2. The first-order valence-corrected chi connectivity index (χ1v) is 9.55. The van der Waals surface area contributed by atoms with Gasteiger partial charge in [0, 0.05) is 24.8 Å². The van der Waals surface area contributed by atoms with Crippen LogP contribution in [0.15, 0.2) is 48.5 Å². The van der Waals surface area contributed by atoms with Gasteiger partial charge in [0.15, 0.2) is 0 Å². The topological polar surface area (TPSA) is 58.1 Å². The zero-order chi connectivity index (χ0) is 19.7. The fourth-order valence-corrected chi connectivity index (χ4v) is 3.54. The molecule has 0 aliphatic carbocycles. The molecule has 1 aliphatic rings. The number of nitrogens with one attached hydrogen (secondary N) is 1. The summed E-state index contributed by atoms with van der Waals surface area (Å²) in [6.45, 7) is 7.31. The van der Waals surface area contributed by atoms with Crippen LogP contribution in [-0.4, -0.2) is 27.3 Å². The molecule has 2 aromatic carbocycles. The van der Waals surface area contributed by atoms with E-state index in [1.54, 1.807) is 6.07 Å². The Labute approximate surface area is 165 Å². The summed E-state index contributed by atoms with van der Waals surface area (Å²) < 4.78 is 0. The molecule has 0 spiro atoms. The standard InChI is InChI=1S/C23H24N4O/c1-15-8-9-20(12-16(15)2)26-22-13-21(24-17(3)25-22)23(28)27-11-10-18-6-4-5-7-19(18)14-27/h4-9,12-13H,10-11,14H2,1-3H3,(H,24,25,26). The normalized spacial score (nSPS) is 13.2. The molecule has 0 fully saturated rings. The number of aromatic nitrogens is 2. The third-order valence-electron chi connectivity index (χ3n) is 5.25. The summed E-state index contributed by atoms with van der Waals surface area (Å²) in [4.78, 5) is 23.8. The molecule has 1 amide bonds. The van der Waals surface area contributed by atoms with Gasteiger partial charge in [0.1, 0.15) is 17.3 Å². The molecule has 0 unspecified atom stereocenters. The highest BCUT2D eigenvalue weighted by molar-refractivity contribution is 5.93. The van der Waals surface area contributed by atoms with E-state index in [1.807, 2.05) is 24.0 Å². The van der Waals surface area contributed by atoms with Gasteiger partial charge in [-0.05, 0) is 61.6 Å². The van der Waals surface area contributed by atoms with Gasteiger partial charge in [-0.3, -0.25) is 4.79 Å². The van der Waals surface area contributed by atoms with Gasteiger partial charge in [-0.1, -0.05) is 30.3 Å². The Hall–Kier alpha value is -3.21. The van der Waals surface area contributed by atoms with E-state index in [1.165, 1.54) is 22.3 Å². The molecular formula is C23H24N4O. The van der Waals surface area contributed by atoms with Gasteiger partial charge in [-0.2, -0.15) is 0 Å². The predicted octanol–water partition coefficient (Wildman–Crippen LogP) is 4.34. The Bertz CT molecular complexity index is 1040. The minimum atomic E-state index is -0.0526. The van der Waals surface area contributed by atoms with Crippen molar-refractivity contribution in [2.45, 2.75) is 33.7 Å². The molecule has 142 valence electrons. The lowest BCUT2D eigenvalue weighted by Crippen LogP contribution is -2.36. The van der Waals surface area contributed by atoms with E-state index in [2.05, 4.69) is 59.5 Å². The minimum absolute atomic E-state index is 0.0526. The van der Waals surface area contributed by atoms with Crippen molar-refractivity contribution >= 4 is 17.4 Å². The Morgan fingerprint density at radius 1 is 0.964 bits per heavy atom. The number of hydrogen-bond acceptors (Lipinski definition) is 4. The lowest BCUT2D eigenvalue weighted by Gasteiger charge is -2.28.